The summed E-state index contributed by atoms with van der Waals surface area (Å²) < 4.78 is 5.72. The number of amides is 1. The van der Waals surface area contributed by atoms with Crippen LogP contribution >= 0.6 is 0 Å². The van der Waals surface area contributed by atoms with Gasteiger partial charge in [0.05, 0.1) is 6.10 Å². The van der Waals surface area contributed by atoms with Crippen LogP contribution in [0.3, 0.4) is 0 Å². The molecule has 1 aliphatic rings. The van der Waals surface area contributed by atoms with Gasteiger partial charge in [0.15, 0.2) is 0 Å². The van der Waals surface area contributed by atoms with Crippen LogP contribution in [0.25, 0.3) is 0 Å². The fourth-order valence-corrected chi connectivity index (χ4v) is 3.42. The third-order valence-corrected chi connectivity index (χ3v) is 4.86. The quantitative estimate of drug-likeness (QED) is 0.823. The second-order valence-corrected chi connectivity index (χ2v) is 7.03. The molecule has 1 unspecified atom stereocenters. The third kappa shape index (κ3) is 5.09. The molecule has 0 radical (unpaired) electrons. The van der Waals surface area contributed by atoms with Gasteiger partial charge in [-0.15, -0.1) is 0 Å². The lowest BCUT2D eigenvalue weighted by Crippen LogP contribution is -2.37. The summed E-state index contributed by atoms with van der Waals surface area (Å²) in [6, 6.07) is 15.5. The van der Waals surface area contributed by atoms with E-state index in [2.05, 4.69) is 25.1 Å². The molecule has 2 aromatic rings. The number of phenols is 1. The molecule has 1 atom stereocenters. The Morgan fingerprint density at radius 1 is 1.23 bits per heavy atom. The maximum atomic E-state index is 12.9. The molecule has 1 amide bonds. The van der Waals surface area contributed by atoms with E-state index in [-0.39, 0.29) is 17.8 Å². The van der Waals surface area contributed by atoms with E-state index in [0.717, 1.165) is 31.4 Å². The Labute approximate surface area is 155 Å². The molecule has 4 nitrogen and oxygen atoms in total. The molecular formula is C22H27NO3. The highest BCUT2D eigenvalue weighted by Gasteiger charge is 2.23. The molecule has 0 bridgehead atoms. The molecule has 1 aliphatic heterocycles. The average Bonchev–Trinajstić information content (AvgIpc) is 3.14. The van der Waals surface area contributed by atoms with Crippen molar-refractivity contribution in [1.82, 2.24) is 4.90 Å². The Morgan fingerprint density at radius 2 is 2.08 bits per heavy atom. The molecule has 1 saturated heterocycles. The van der Waals surface area contributed by atoms with E-state index in [0.29, 0.717) is 19.5 Å². The number of hydrogen-bond acceptors (Lipinski definition) is 3. The minimum Gasteiger partial charge on any atom is -0.508 e. The summed E-state index contributed by atoms with van der Waals surface area (Å²) in [5.41, 5.74) is 3.16. The van der Waals surface area contributed by atoms with Crippen molar-refractivity contribution in [1.29, 1.82) is 0 Å². The molecule has 0 saturated carbocycles. The van der Waals surface area contributed by atoms with E-state index in [1.807, 2.05) is 23.1 Å². The summed E-state index contributed by atoms with van der Waals surface area (Å²) in [6.45, 7) is 3.83. The lowest BCUT2D eigenvalue weighted by molar-refractivity contribution is -0.133. The summed E-state index contributed by atoms with van der Waals surface area (Å²) in [5, 5.41) is 10.1. The monoisotopic (exact) mass is 353 g/mol. The van der Waals surface area contributed by atoms with Crippen molar-refractivity contribution in [2.45, 2.75) is 45.3 Å². The number of benzene rings is 2. The molecule has 4 heteroatoms. The fraction of sp³-hybridized carbons (Fsp3) is 0.409. The van der Waals surface area contributed by atoms with E-state index in [9.17, 15) is 9.90 Å². The molecule has 3 rings (SSSR count). The van der Waals surface area contributed by atoms with E-state index in [1.165, 1.54) is 11.1 Å². The molecule has 2 aromatic carbocycles. The molecule has 1 fully saturated rings. The highest BCUT2D eigenvalue weighted by molar-refractivity contribution is 5.76. The van der Waals surface area contributed by atoms with Gasteiger partial charge >= 0.3 is 0 Å². The van der Waals surface area contributed by atoms with E-state index >= 15 is 0 Å². The van der Waals surface area contributed by atoms with Gasteiger partial charge in [0.2, 0.25) is 5.91 Å². The van der Waals surface area contributed by atoms with Gasteiger partial charge in [-0.3, -0.25) is 4.79 Å². The zero-order valence-electron chi connectivity index (χ0n) is 15.4. The van der Waals surface area contributed by atoms with Crippen LogP contribution in [0.4, 0.5) is 0 Å². The zero-order valence-corrected chi connectivity index (χ0v) is 15.4. The number of phenolic OH excluding ortho intramolecular Hbond substituents is 1. The summed E-state index contributed by atoms with van der Waals surface area (Å²) in [7, 11) is 0. The third-order valence-electron chi connectivity index (χ3n) is 4.86. The molecule has 1 N–H and O–H groups in total. The molecule has 0 aromatic heterocycles. The highest BCUT2D eigenvalue weighted by Crippen LogP contribution is 2.21. The molecule has 0 spiro atoms. The Morgan fingerprint density at radius 3 is 2.81 bits per heavy atom. The van der Waals surface area contributed by atoms with Crippen molar-refractivity contribution in [3.63, 3.8) is 0 Å². The number of hydrogen-bond donors (Lipinski definition) is 1. The van der Waals surface area contributed by atoms with Gasteiger partial charge in [-0.05, 0) is 37.8 Å². The number of rotatable bonds is 7. The minimum absolute atomic E-state index is 0.101. The van der Waals surface area contributed by atoms with Gasteiger partial charge < -0.3 is 14.7 Å². The number of aryl methyl sites for hydroxylation is 2. The first-order valence-electron chi connectivity index (χ1n) is 9.33. The minimum atomic E-state index is 0.101. The van der Waals surface area contributed by atoms with Crippen LogP contribution in [0, 0.1) is 6.92 Å². The summed E-state index contributed by atoms with van der Waals surface area (Å²) >= 11 is 0. The lowest BCUT2D eigenvalue weighted by Gasteiger charge is -2.26. The average molecular weight is 353 g/mol. The van der Waals surface area contributed by atoms with Crippen molar-refractivity contribution in [3.8, 4) is 5.75 Å². The molecular weight excluding hydrogens is 326 g/mol. The number of nitrogens with zero attached hydrogens (tertiary/aromatic N) is 1. The van der Waals surface area contributed by atoms with Crippen LogP contribution in [0.15, 0.2) is 48.5 Å². The summed E-state index contributed by atoms with van der Waals surface area (Å²) in [6.07, 6.45) is 3.33. The van der Waals surface area contributed by atoms with E-state index in [4.69, 9.17) is 4.74 Å². The maximum Gasteiger partial charge on any atom is 0.223 e. The molecule has 138 valence electrons. The second-order valence-electron chi connectivity index (χ2n) is 7.03. The topological polar surface area (TPSA) is 49.8 Å². The van der Waals surface area contributed by atoms with Crippen LogP contribution in [-0.2, 0) is 22.5 Å². The van der Waals surface area contributed by atoms with Gasteiger partial charge in [-0.1, -0.05) is 48.0 Å². The van der Waals surface area contributed by atoms with Crippen molar-refractivity contribution in [2.24, 2.45) is 0 Å². The van der Waals surface area contributed by atoms with Gasteiger partial charge in [-0.2, -0.15) is 0 Å². The standard InChI is InChI=1S/C22H27NO3/c1-17-6-4-7-18(14-17)11-12-22(25)23(16-20-9-5-13-26-20)15-19-8-2-3-10-21(19)24/h2-4,6-8,10,14,20,24H,5,9,11-13,15-16H2,1H3. The number of aromatic hydroxyl groups is 1. The number of para-hydroxylation sites is 1. The Bertz CT molecular complexity index is 738. The number of ether oxygens (including phenoxy) is 1. The summed E-state index contributed by atoms with van der Waals surface area (Å²) in [4.78, 5) is 14.7. The van der Waals surface area contributed by atoms with Crippen molar-refractivity contribution in [3.05, 3.63) is 65.2 Å². The van der Waals surface area contributed by atoms with Crippen molar-refractivity contribution in [2.75, 3.05) is 13.2 Å². The fourth-order valence-electron chi connectivity index (χ4n) is 3.42. The first-order chi connectivity index (χ1) is 12.6. The Kier molecular flexibility index (Phi) is 6.29. The first kappa shape index (κ1) is 18.5. The van der Waals surface area contributed by atoms with E-state index < -0.39 is 0 Å². The summed E-state index contributed by atoms with van der Waals surface area (Å²) in [5.74, 6) is 0.335. The largest absolute Gasteiger partial charge is 0.508 e. The van der Waals surface area contributed by atoms with Crippen LogP contribution in [-0.4, -0.2) is 35.2 Å². The maximum absolute atomic E-state index is 12.9. The molecule has 0 aliphatic carbocycles. The van der Waals surface area contributed by atoms with Gasteiger partial charge in [0.25, 0.3) is 0 Å². The van der Waals surface area contributed by atoms with Gasteiger partial charge in [0, 0.05) is 31.7 Å². The first-order valence-corrected chi connectivity index (χ1v) is 9.33. The van der Waals surface area contributed by atoms with Crippen LogP contribution < -0.4 is 0 Å². The van der Waals surface area contributed by atoms with E-state index in [1.54, 1.807) is 12.1 Å². The van der Waals surface area contributed by atoms with Crippen molar-refractivity contribution >= 4 is 5.91 Å². The number of carbonyl (C=O) groups excluding carboxylic acids is 1. The Balaban J connectivity index is 1.66. The van der Waals surface area contributed by atoms with Gasteiger partial charge in [0.1, 0.15) is 5.75 Å². The van der Waals surface area contributed by atoms with Crippen LogP contribution in [0.5, 0.6) is 5.75 Å². The molecule has 26 heavy (non-hydrogen) atoms. The zero-order chi connectivity index (χ0) is 18.4. The second kappa shape index (κ2) is 8.86. The number of carbonyl (C=O) groups is 1. The predicted molar refractivity (Wildman–Crippen MR) is 102 cm³/mol. The normalized spacial score (nSPS) is 16.6. The predicted octanol–water partition coefficient (Wildman–Crippen LogP) is 3.84. The smallest absolute Gasteiger partial charge is 0.223 e. The Hall–Kier alpha value is -2.33. The van der Waals surface area contributed by atoms with Crippen LogP contribution in [0.1, 0.15) is 36.0 Å². The van der Waals surface area contributed by atoms with Gasteiger partial charge in [-0.25, -0.2) is 0 Å². The highest BCUT2D eigenvalue weighted by atomic mass is 16.5. The molecule has 1 heterocycles. The lowest BCUT2D eigenvalue weighted by atomic mass is 10.1. The SMILES string of the molecule is Cc1cccc(CCC(=O)N(Cc2ccccc2O)CC2CCCO2)c1. The van der Waals surface area contributed by atoms with Crippen molar-refractivity contribution < 1.29 is 14.6 Å². The van der Waals surface area contributed by atoms with Crippen LogP contribution in [0.2, 0.25) is 0 Å².